The van der Waals surface area contributed by atoms with Crippen molar-refractivity contribution in [3.8, 4) is 0 Å². The average Bonchev–Trinajstić information content (AvgIpc) is 2.88. The fraction of sp³-hybridized carbons (Fsp3) is 0.188. The van der Waals surface area contributed by atoms with Gasteiger partial charge in [0.15, 0.2) is 11.5 Å². The molecule has 0 aliphatic carbocycles. The van der Waals surface area contributed by atoms with Crippen LogP contribution < -0.4 is 5.32 Å². The van der Waals surface area contributed by atoms with Crippen LogP contribution in [0.2, 0.25) is 5.02 Å². The van der Waals surface area contributed by atoms with E-state index >= 15 is 0 Å². The van der Waals surface area contributed by atoms with Gasteiger partial charge in [-0.25, -0.2) is 9.37 Å². The van der Waals surface area contributed by atoms with Gasteiger partial charge in [-0.05, 0) is 30.3 Å². The average molecular weight is 305 g/mol. The molecule has 0 saturated carbocycles. The zero-order valence-corrected chi connectivity index (χ0v) is 12.2. The van der Waals surface area contributed by atoms with Crippen molar-refractivity contribution in [3.05, 3.63) is 58.7 Å². The Bertz CT molecular complexity index is 785. The van der Waals surface area contributed by atoms with E-state index in [1.165, 1.54) is 6.07 Å². The Hall–Kier alpha value is -2.07. The molecule has 0 spiro atoms. The molecule has 0 bridgehead atoms. The molecule has 0 saturated heterocycles. The van der Waals surface area contributed by atoms with Crippen LogP contribution in [-0.2, 0) is 13.0 Å². The van der Waals surface area contributed by atoms with E-state index in [4.69, 9.17) is 16.0 Å². The highest BCUT2D eigenvalue weighted by Crippen LogP contribution is 2.21. The predicted octanol–water partition coefficient (Wildman–Crippen LogP) is 4.79. The van der Waals surface area contributed by atoms with Crippen molar-refractivity contribution in [1.82, 2.24) is 4.98 Å². The lowest BCUT2D eigenvalue weighted by atomic mass is 10.2. The van der Waals surface area contributed by atoms with E-state index in [1.54, 1.807) is 12.1 Å². The van der Waals surface area contributed by atoms with Crippen LogP contribution in [0.3, 0.4) is 0 Å². The van der Waals surface area contributed by atoms with Crippen LogP contribution in [0, 0.1) is 5.82 Å². The Morgan fingerprint density at radius 3 is 2.86 bits per heavy atom. The minimum absolute atomic E-state index is 0.314. The van der Waals surface area contributed by atoms with Gasteiger partial charge >= 0.3 is 0 Å². The molecule has 0 unspecified atom stereocenters. The van der Waals surface area contributed by atoms with Crippen LogP contribution in [0.4, 0.5) is 10.1 Å². The Morgan fingerprint density at radius 2 is 2.10 bits per heavy atom. The van der Waals surface area contributed by atoms with Crippen molar-refractivity contribution in [2.24, 2.45) is 0 Å². The molecule has 0 atom stereocenters. The molecule has 1 aromatic heterocycles. The molecule has 1 heterocycles. The van der Waals surface area contributed by atoms with Gasteiger partial charge < -0.3 is 9.73 Å². The van der Waals surface area contributed by atoms with Crippen molar-refractivity contribution >= 4 is 28.4 Å². The van der Waals surface area contributed by atoms with E-state index in [2.05, 4.69) is 10.3 Å². The Morgan fingerprint density at radius 1 is 1.24 bits per heavy atom. The molecule has 0 amide bonds. The largest absolute Gasteiger partial charge is 0.441 e. The second kappa shape index (κ2) is 5.74. The quantitative estimate of drug-likeness (QED) is 0.752. The van der Waals surface area contributed by atoms with E-state index in [1.807, 2.05) is 25.1 Å². The molecular weight excluding hydrogens is 291 g/mol. The number of nitrogens with one attached hydrogen (secondary N) is 1. The smallest absolute Gasteiger partial charge is 0.195 e. The molecule has 0 aliphatic heterocycles. The fourth-order valence-corrected chi connectivity index (χ4v) is 2.26. The van der Waals surface area contributed by atoms with Crippen LogP contribution in [0.5, 0.6) is 0 Å². The third-order valence-corrected chi connectivity index (χ3v) is 3.47. The maximum absolute atomic E-state index is 13.7. The number of aryl methyl sites for hydroxylation is 1. The summed E-state index contributed by atoms with van der Waals surface area (Å²) in [5.74, 6) is 0.400. The number of fused-ring (bicyclic) bond motifs is 1. The normalized spacial score (nSPS) is 11.0. The molecule has 21 heavy (non-hydrogen) atoms. The number of benzene rings is 2. The number of hydrogen-bond donors (Lipinski definition) is 1. The topological polar surface area (TPSA) is 38.1 Å². The molecule has 0 fully saturated rings. The van der Waals surface area contributed by atoms with Gasteiger partial charge in [0.25, 0.3) is 0 Å². The van der Waals surface area contributed by atoms with Gasteiger partial charge in [0.2, 0.25) is 0 Å². The monoisotopic (exact) mass is 304 g/mol. The first-order chi connectivity index (χ1) is 10.2. The van der Waals surface area contributed by atoms with Gasteiger partial charge in [0.1, 0.15) is 11.3 Å². The van der Waals surface area contributed by atoms with Crippen LogP contribution in [0.1, 0.15) is 18.4 Å². The zero-order chi connectivity index (χ0) is 14.8. The van der Waals surface area contributed by atoms with Gasteiger partial charge in [0.05, 0.1) is 0 Å². The molecule has 0 radical (unpaired) electrons. The molecule has 2 aromatic carbocycles. The summed E-state index contributed by atoms with van der Waals surface area (Å²) in [6.45, 7) is 2.38. The lowest BCUT2D eigenvalue weighted by Gasteiger charge is -2.07. The summed E-state index contributed by atoms with van der Waals surface area (Å²) in [4.78, 5) is 4.38. The Labute approximate surface area is 126 Å². The lowest BCUT2D eigenvalue weighted by molar-refractivity contribution is 0.538. The molecular formula is C16H14ClFN2O. The third kappa shape index (κ3) is 3.00. The Kier molecular flexibility index (Phi) is 3.80. The first kappa shape index (κ1) is 13.9. The molecule has 1 N–H and O–H groups in total. The molecule has 108 valence electrons. The summed E-state index contributed by atoms with van der Waals surface area (Å²) < 4.78 is 19.3. The minimum atomic E-state index is -0.314. The maximum atomic E-state index is 13.7. The molecule has 5 heteroatoms. The van der Waals surface area contributed by atoms with Gasteiger partial charge in [-0.3, -0.25) is 0 Å². The summed E-state index contributed by atoms with van der Waals surface area (Å²) in [5, 5.41) is 3.57. The second-order valence-electron chi connectivity index (χ2n) is 4.73. The van der Waals surface area contributed by atoms with Crippen LogP contribution >= 0.6 is 11.6 Å². The number of oxazole rings is 1. The molecule has 3 rings (SSSR count). The van der Waals surface area contributed by atoms with Crippen molar-refractivity contribution in [2.75, 3.05) is 5.32 Å². The molecule has 0 aliphatic rings. The van der Waals surface area contributed by atoms with Crippen LogP contribution in [0.25, 0.3) is 11.1 Å². The number of hydrogen-bond acceptors (Lipinski definition) is 3. The van der Waals surface area contributed by atoms with E-state index in [0.29, 0.717) is 23.0 Å². The van der Waals surface area contributed by atoms with E-state index in [9.17, 15) is 4.39 Å². The zero-order valence-electron chi connectivity index (χ0n) is 11.5. The third-order valence-electron chi connectivity index (χ3n) is 3.23. The van der Waals surface area contributed by atoms with Crippen LogP contribution in [0.15, 0.2) is 40.8 Å². The van der Waals surface area contributed by atoms with Crippen molar-refractivity contribution in [2.45, 2.75) is 19.9 Å². The van der Waals surface area contributed by atoms with Gasteiger partial charge in [-0.2, -0.15) is 0 Å². The summed E-state index contributed by atoms with van der Waals surface area (Å²) in [6.07, 6.45) is 0.757. The van der Waals surface area contributed by atoms with Gasteiger partial charge in [-0.1, -0.05) is 24.6 Å². The number of nitrogens with zero attached hydrogens (tertiary/aromatic N) is 1. The van der Waals surface area contributed by atoms with Crippen molar-refractivity contribution in [3.63, 3.8) is 0 Å². The van der Waals surface area contributed by atoms with Crippen molar-refractivity contribution in [1.29, 1.82) is 0 Å². The highest BCUT2D eigenvalue weighted by Gasteiger charge is 2.06. The summed E-state index contributed by atoms with van der Waals surface area (Å²) in [5.41, 5.74) is 2.99. The first-order valence-electron chi connectivity index (χ1n) is 6.73. The summed E-state index contributed by atoms with van der Waals surface area (Å²) in [7, 11) is 0. The first-order valence-corrected chi connectivity index (χ1v) is 7.11. The highest BCUT2D eigenvalue weighted by atomic mass is 35.5. The van der Waals surface area contributed by atoms with E-state index in [0.717, 1.165) is 23.2 Å². The van der Waals surface area contributed by atoms with E-state index in [-0.39, 0.29) is 5.82 Å². The van der Waals surface area contributed by atoms with Crippen LogP contribution in [-0.4, -0.2) is 4.98 Å². The lowest BCUT2D eigenvalue weighted by Crippen LogP contribution is -2.01. The summed E-state index contributed by atoms with van der Waals surface area (Å²) >= 11 is 5.74. The SMILES string of the molecule is CCc1nc2cc(NCc3ccc(Cl)cc3F)ccc2o1. The molecule has 3 nitrogen and oxygen atoms in total. The highest BCUT2D eigenvalue weighted by molar-refractivity contribution is 6.30. The van der Waals surface area contributed by atoms with Crippen molar-refractivity contribution < 1.29 is 8.81 Å². The maximum Gasteiger partial charge on any atom is 0.195 e. The minimum Gasteiger partial charge on any atom is -0.441 e. The second-order valence-corrected chi connectivity index (χ2v) is 5.17. The fourth-order valence-electron chi connectivity index (χ4n) is 2.10. The number of aromatic nitrogens is 1. The number of anilines is 1. The summed E-state index contributed by atoms with van der Waals surface area (Å²) in [6, 6.07) is 10.3. The standard InChI is InChI=1S/C16H14ClFN2O/c1-2-16-20-14-8-12(5-6-15(14)21-16)19-9-10-3-4-11(17)7-13(10)18/h3-8,19H,2,9H2,1H3. The molecule has 3 aromatic rings. The Balaban J connectivity index is 1.78. The predicted molar refractivity (Wildman–Crippen MR) is 82.1 cm³/mol. The van der Waals surface area contributed by atoms with Gasteiger partial charge in [0, 0.05) is 29.2 Å². The number of halogens is 2. The van der Waals surface area contributed by atoms with Gasteiger partial charge in [-0.15, -0.1) is 0 Å². The number of rotatable bonds is 4. The van der Waals surface area contributed by atoms with E-state index < -0.39 is 0 Å².